The Morgan fingerprint density at radius 1 is 1.32 bits per heavy atom. The summed E-state index contributed by atoms with van der Waals surface area (Å²) >= 11 is 6.25. The van der Waals surface area contributed by atoms with E-state index < -0.39 is 5.60 Å². The Morgan fingerprint density at radius 2 is 2.14 bits per heavy atom. The predicted molar refractivity (Wildman–Crippen MR) is 83.9 cm³/mol. The van der Waals surface area contributed by atoms with Gasteiger partial charge < -0.3 is 14.4 Å². The number of carbonyl (C=O) groups is 1. The van der Waals surface area contributed by atoms with Crippen LogP contribution in [0.4, 0.5) is 0 Å². The fourth-order valence-corrected chi connectivity index (χ4v) is 3.30. The smallest absolute Gasteiger partial charge is 0.248 e. The van der Waals surface area contributed by atoms with E-state index in [-0.39, 0.29) is 12.5 Å². The Hall–Kier alpha value is -1.14. The Bertz CT molecular complexity index is 554. The molecule has 0 bridgehead atoms. The Balaban J connectivity index is 1.71. The van der Waals surface area contributed by atoms with E-state index in [1.807, 2.05) is 24.3 Å². The van der Waals surface area contributed by atoms with Gasteiger partial charge in [0.15, 0.2) is 0 Å². The van der Waals surface area contributed by atoms with Gasteiger partial charge in [0.05, 0.1) is 19.8 Å². The predicted octanol–water partition coefficient (Wildman–Crippen LogP) is 1.40. The summed E-state index contributed by atoms with van der Waals surface area (Å²) in [5, 5.41) is 0.785. The number of halogens is 1. The number of carbonyl (C=O) groups excluding carboxylic acids is 1. The first-order valence-electron chi connectivity index (χ1n) is 7.49. The highest BCUT2D eigenvalue weighted by atomic mass is 35.5. The van der Waals surface area contributed by atoms with Crippen LogP contribution in [0.5, 0.6) is 0 Å². The maximum absolute atomic E-state index is 11.8. The van der Waals surface area contributed by atoms with Crippen molar-refractivity contribution in [3.8, 4) is 0 Å². The lowest BCUT2D eigenvalue weighted by atomic mass is 10.0. The quantitative estimate of drug-likeness (QED) is 0.824. The normalized spacial score (nSPS) is 27.2. The first-order valence-corrected chi connectivity index (χ1v) is 7.87. The molecule has 1 atom stereocenters. The average molecular weight is 325 g/mol. The minimum Gasteiger partial charge on any atom is -0.369 e. The van der Waals surface area contributed by atoms with Crippen molar-refractivity contribution in [1.82, 2.24) is 9.80 Å². The highest BCUT2D eigenvalue weighted by molar-refractivity contribution is 6.31. The first kappa shape index (κ1) is 15.7. The maximum atomic E-state index is 11.8. The van der Waals surface area contributed by atoms with Crippen LogP contribution < -0.4 is 0 Å². The van der Waals surface area contributed by atoms with Crippen molar-refractivity contribution in [1.29, 1.82) is 0 Å². The third-order valence-electron chi connectivity index (χ3n) is 4.22. The molecule has 2 aliphatic rings. The van der Waals surface area contributed by atoms with Gasteiger partial charge in [-0.05, 0) is 11.6 Å². The summed E-state index contributed by atoms with van der Waals surface area (Å²) in [6, 6.07) is 7.89. The van der Waals surface area contributed by atoms with Gasteiger partial charge in [-0.1, -0.05) is 29.8 Å². The van der Waals surface area contributed by atoms with Crippen molar-refractivity contribution in [2.45, 2.75) is 12.1 Å². The lowest BCUT2D eigenvalue weighted by molar-refractivity contribution is -0.143. The van der Waals surface area contributed by atoms with E-state index in [1.165, 1.54) is 0 Å². The number of amides is 1. The SMILES string of the molecule is CN1CC2(COCC1=O)CN(Cc1ccccc1Cl)CCO2. The molecule has 120 valence electrons. The second-order valence-electron chi connectivity index (χ2n) is 6.08. The maximum Gasteiger partial charge on any atom is 0.248 e. The van der Waals surface area contributed by atoms with E-state index in [2.05, 4.69) is 4.90 Å². The highest BCUT2D eigenvalue weighted by Crippen LogP contribution is 2.25. The molecule has 5 nitrogen and oxygen atoms in total. The molecular formula is C16H21ClN2O3. The number of nitrogens with zero attached hydrogens (tertiary/aromatic N) is 2. The van der Waals surface area contributed by atoms with Crippen molar-refractivity contribution in [2.75, 3.05) is 46.5 Å². The van der Waals surface area contributed by atoms with Gasteiger partial charge in [-0.2, -0.15) is 0 Å². The van der Waals surface area contributed by atoms with Gasteiger partial charge in [0.2, 0.25) is 5.91 Å². The number of rotatable bonds is 2. The molecular weight excluding hydrogens is 304 g/mol. The van der Waals surface area contributed by atoms with Gasteiger partial charge in [-0.3, -0.25) is 9.69 Å². The summed E-state index contributed by atoms with van der Waals surface area (Å²) in [7, 11) is 1.80. The van der Waals surface area contributed by atoms with Gasteiger partial charge in [0.25, 0.3) is 0 Å². The lowest BCUT2D eigenvalue weighted by Crippen LogP contribution is -2.58. The second-order valence-corrected chi connectivity index (χ2v) is 6.48. The first-order chi connectivity index (χ1) is 10.6. The fourth-order valence-electron chi connectivity index (χ4n) is 3.11. The Labute approximate surface area is 135 Å². The van der Waals surface area contributed by atoms with Crippen LogP contribution in [0, 0.1) is 0 Å². The summed E-state index contributed by atoms with van der Waals surface area (Å²) in [5.41, 5.74) is 0.667. The minimum atomic E-state index is -0.444. The van der Waals surface area contributed by atoms with Gasteiger partial charge in [0.1, 0.15) is 12.2 Å². The molecule has 0 aromatic heterocycles. The monoisotopic (exact) mass is 324 g/mol. The van der Waals surface area contributed by atoms with Crippen LogP contribution in [0.3, 0.4) is 0 Å². The molecule has 2 saturated heterocycles. The molecule has 3 rings (SSSR count). The van der Waals surface area contributed by atoms with Crippen LogP contribution in [0.1, 0.15) is 5.56 Å². The number of hydrogen-bond donors (Lipinski definition) is 0. The molecule has 1 aromatic carbocycles. The van der Waals surface area contributed by atoms with E-state index in [0.717, 1.165) is 30.2 Å². The minimum absolute atomic E-state index is 0.00343. The molecule has 2 aliphatic heterocycles. The molecule has 22 heavy (non-hydrogen) atoms. The number of ether oxygens (including phenoxy) is 2. The largest absolute Gasteiger partial charge is 0.369 e. The Kier molecular flexibility index (Phi) is 4.68. The van der Waals surface area contributed by atoms with E-state index >= 15 is 0 Å². The summed E-state index contributed by atoms with van der Waals surface area (Å²) in [4.78, 5) is 15.8. The van der Waals surface area contributed by atoms with E-state index in [1.54, 1.807) is 11.9 Å². The molecule has 0 aliphatic carbocycles. The highest BCUT2D eigenvalue weighted by Gasteiger charge is 2.41. The molecule has 0 radical (unpaired) electrons. The summed E-state index contributed by atoms with van der Waals surface area (Å²) in [6.07, 6.45) is 0. The average Bonchev–Trinajstić information content (AvgIpc) is 2.61. The van der Waals surface area contributed by atoms with Crippen molar-refractivity contribution in [3.63, 3.8) is 0 Å². The number of hydrogen-bond acceptors (Lipinski definition) is 4. The molecule has 2 heterocycles. The fraction of sp³-hybridized carbons (Fsp3) is 0.562. The third kappa shape index (κ3) is 3.43. The molecule has 6 heteroatoms. The molecule has 1 aromatic rings. The van der Waals surface area contributed by atoms with Crippen LogP contribution in [-0.2, 0) is 20.8 Å². The van der Waals surface area contributed by atoms with Crippen molar-refractivity contribution in [2.24, 2.45) is 0 Å². The molecule has 1 amide bonds. The molecule has 0 N–H and O–H groups in total. The van der Waals surface area contributed by atoms with Gasteiger partial charge in [-0.15, -0.1) is 0 Å². The van der Waals surface area contributed by atoms with Crippen LogP contribution in [0.15, 0.2) is 24.3 Å². The van der Waals surface area contributed by atoms with Gasteiger partial charge in [0, 0.05) is 31.7 Å². The van der Waals surface area contributed by atoms with Gasteiger partial charge in [-0.25, -0.2) is 0 Å². The van der Waals surface area contributed by atoms with E-state index in [0.29, 0.717) is 19.8 Å². The van der Waals surface area contributed by atoms with E-state index in [9.17, 15) is 4.79 Å². The van der Waals surface area contributed by atoms with Crippen LogP contribution >= 0.6 is 11.6 Å². The summed E-state index contributed by atoms with van der Waals surface area (Å²) in [5.74, 6) is 0.00343. The summed E-state index contributed by atoms with van der Waals surface area (Å²) < 4.78 is 11.5. The zero-order valence-corrected chi connectivity index (χ0v) is 13.5. The van der Waals surface area contributed by atoms with Crippen LogP contribution in [-0.4, -0.2) is 67.8 Å². The standard InChI is InChI=1S/C16H21ClN2O3/c1-18-10-16(12-21-9-15(18)20)11-19(6-7-22-16)8-13-4-2-3-5-14(13)17/h2-5H,6-12H2,1H3. The van der Waals surface area contributed by atoms with Crippen molar-refractivity contribution < 1.29 is 14.3 Å². The van der Waals surface area contributed by atoms with Crippen LogP contribution in [0.25, 0.3) is 0 Å². The number of morpholine rings is 1. The third-order valence-corrected chi connectivity index (χ3v) is 4.59. The Morgan fingerprint density at radius 3 is 2.95 bits per heavy atom. The van der Waals surface area contributed by atoms with Gasteiger partial charge >= 0.3 is 0 Å². The number of benzene rings is 1. The number of likely N-dealkylation sites (N-methyl/N-ethyl adjacent to an activating group) is 1. The van der Waals surface area contributed by atoms with Crippen molar-refractivity contribution >= 4 is 17.5 Å². The lowest BCUT2D eigenvalue weighted by Gasteiger charge is -2.43. The van der Waals surface area contributed by atoms with E-state index in [4.69, 9.17) is 21.1 Å². The molecule has 1 unspecified atom stereocenters. The summed E-state index contributed by atoms with van der Waals surface area (Å²) in [6.45, 7) is 4.14. The van der Waals surface area contributed by atoms with Crippen LogP contribution in [0.2, 0.25) is 5.02 Å². The zero-order valence-electron chi connectivity index (χ0n) is 12.8. The topological polar surface area (TPSA) is 42.0 Å². The van der Waals surface area contributed by atoms with Crippen molar-refractivity contribution in [3.05, 3.63) is 34.9 Å². The second kappa shape index (κ2) is 6.54. The molecule has 1 spiro atoms. The zero-order chi connectivity index (χ0) is 15.6. The molecule has 2 fully saturated rings. The molecule has 0 saturated carbocycles.